The molecule has 1 N–H and O–H groups in total. The monoisotopic (exact) mass is 180 g/mol. The molecular formula is CH2Cl2O2Zn. The van der Waals surface area contributed by atoms with E-state index >= 15 is 0 Å². The zero-order valence-corrected chi connectivity index (χ0v) is 7.37. The first-order chi connectivity index (χ1) is 1.41. The summed E-state index contributed by atoms with van der Waals surface area (Å²) >= 11 is 0. The van der Waals surface area contributed by atoms with Crippen LogP contribution in [0.4, 0.5) is 0 Å². The van der Waals surface area contributed by atoms with Crippen molar-refractivity contribution in [2.75, 3.05) is 0 Å². The molecule has 0 saturated carbocycles. The van der Waals surface area contributed by atoms with Crippen molar-refractivity contribution < 1.29 is 54.2 Å². The summed E-state index contributed by atoms with van der Waals surface area (Å²) in [6.45, 7) is -0.250. The Labute approximate surface area is 60.9 Å². The Kier molecular flexibility index (Phi) is 222. The molecule has 0 amide bonds. The fourth-order valence-corrected chi connectivity index (χ4v) is 0. The van der Waals surface area contributed by atoms with Gasteiger partial charge < -0.3 is 29.9 Å². The van der Waals surface area contributed by atoms with E-state index in [1.807, 2.05) is 0 Å². The van der Waals surface area contributed by atoms with Gasteiger partial charge in [-0.1, -0.05) is 0 Å². The standard InChI is InChI=1S/CH2O2.2ClH.Zn/c2-1-3;;;/h1H,(H,2,3);2*1H;/q;;;+2/p-2. The average molecular weight is 182 g/mol. The molecule has 0 heterocycles. The molecule has 0 unspecified atom stereocenters. The van der Waals surface area contributed by atoms with Crippen LogP contribution in [0.5, 0.6) is 0 Å². The molecule has 0 fully saturated rings. The molecule has 0 saturated heterocycles. The van der Waals surface area contributed by atoms with E-state index in [-0.39, 0.29) is 50.8 Å². The summed E-state index contributed by atoms with van der Waals surface area (Å²) in [6, 6.07) is 0. The molecule has 34 valence electrons. The van der Waals surface area contributed by atoms with Gasteiger partial charge in [-0.15, -0.1) is 0 Å². The summed E-state index contributed by atoms with van der Waals surface area (Å²) in [5.74, 6) is 0. The van der Waals surface area contributed by atoms with E-state index in [0.717, 1.165) is 0 Å². The number of hydrogen-bond donors (Lipinski definition) is 1. The van der Waals surface area contributed by atoms with Crippen molar-refractivity contribution in [3.8, 4) is 0 Å². The Balaban J connectivity index is -0.00000000667. The Morgan fingerprint density at radius 2 is 1.33 bits per heavy atom. The maximum atomic E-state index is 8.36. The van der Waals surface area contributed by atoms with Crippen molar-refractivity contribution in [2.24, 2.45) is 0 Å². The number of carbonyl (C=O) groups is 1. The Bertz CT molecular complexity index is 19.0. The van der Waals surface area contributed by atoms with Crippen LogP contribution in [-0.2, 0) is 24.3 Å². The fourth-order valence-electron chi connectivity index (χ4n) is 0. The second-order valence-corrected chi connectivity index (χ2v) is 0.105. The van der Waals surface area contributed by atoms with Gasteiger partial charge in [0, 0.05) is 0 Å². The summed E-state index contributed by atoms with van der Waals surface area (Å²) < 4.78 is 0. The SMILES string of the molecule is O=CO.[Cl-].[Cl-].[Zn+2]. The molecule has 0 aromatic heterocycles. The van der Waals surface area contributed by atoms with Gasteiger partial charge in [-0.05, 0) is 0 Å². The van der Waals surface area contributed by atoms with Crippen LogP contribution in [0.1, 0.15) is 0 Å². The summed E-state index contributed by atoms with van der Waals surface area (Å²) in [7, 11) is 0. The molecule has 0 spiro atoms. The van der Waals surface area contributed by atoms with Crippen LogP contribution in [-0.4, -0.2) is 11.6 Å². The number of halogens is 2. The third-order valence-electron chi connectivity index (χ3n) is 0. The predicted octanol–water partition coefficient (Wildman–Crippen LogP) is -6.29. The second-order valence-electron chi connectivity index (χ2n) is 0.105. The van der Waals surface area contributed by atoms with Gasteiger partial charge in [-0.2, -0.15) is 0 Å². The first kappa shape index (κ1) is 30.1. The van der Waals surface area contributed by atoms with Gasteiger partial charge in [0.2, 0.25) is 0 Å². The van der Waals surface area contributed by atoms with E-state index in [2.05, 4.69) is 0 Å². The molecule has 0 aliphatic carbocycles. The minimum atomic E-state index is -0.250. The molecule has 0 aromatic carbocycles. The zero-order chi connectivity index (χ0) is 2.71. The van der Waals surface area contributed by atoms with Crippen molar-refractivity contribution in [1.82, 2.24) is 0 Å². The Morgan fingerprint density at radius 1 is 1.33 bits per heavy atom. The van der Waals surface area contributed by atoms with Crippen molar-refractivity contribution in [3.63, 3.8) is 0 Å². The normalized spacial score (nSPS) is 2.00. The average Bonchev–Trinajstić information content (AvgIpc) is 0.918. The molecule has 5 heteroatoms. The molecule has 0 rings (SSSR count). The molecule has 2 nitrogen and oxygen atoms in total. The molecular weight excluding hydrogens is 180 g/mol. The van der Waals surface area contributed by atoms with E-state index < -0.39 is 0 Å². The van der Waals surface area contributed by atoms with E-state index in [4.69, 9.17) is 9.90 Å². The van der Waals surface area contributed by atoms with Gasteiger partial charge in [0.25, 0.3) is 6.47 Å². The third-order valence-corrected chi connectivity index (χ3v) is 0. The largest absolute Gasteiger partial charge is 2.00 e. The predicted molar refractivity (Wildman–Crippen MR) is 8.69 cm³/mol. The van der Waals surface area contributed by atoms with E-state index in [9.17, 15) is 0 Å². The summed E-state index contributed by atoms with van der Waals surface area (Å²) in [6.07, 6.45) is 0. The molecule has 0 aliphatic heterocycles. The fraction of sp³-hybridized carbons (Fsp3) is 0. The Morgan fingerprint density at radius 3 is 1.33 bits per heavy atom. The number of rotatable bonds is 0. The summed E-state index contributed by atoms with van der Waals surface area (Å²) in [5, 5.41) is 6.89. The zero-order valence-electron chi connectivity index (χ0n) is 2.90. The van der Waals surface area contributed by atoms with Gasteiger partial charge in [-0.3, -0.25) is 4.79 Å². The minimum absolute atomic E-state index is 0. The van der Waals surface area contributed by atoms with Crippen LogP contribution < -0.4 is 24.8 Å². The van der Waals surface area contributed by atoms with Gasteiger partial charge in [0.05, 0.1) is 0 Å². The van der Waals surface area contributed by atoms with Crippen LogP contribution in [0, 0.1) is 0 Å². The molecule has 0 aliphatic rings. The maximum absolute atomic E-state index is 8.36. The van der Waals surface area contributed by atoms with Gasteiger partial charge in [-0.25, -0.2) is 0 Å². The van der Waals surface area contributed by atoms with Gasteiger partial charge in [0.15, 0.2) is 0 Å². The smallest absolute Gasteiger partial charge is 1.00 e. The van der Waals surface area contributed by atoms with E-state index in [0.29, 0.717) is 0 Å². The van der Waals surface area contributed by atoms with Crippen LogP contribution in [0.3, 0.4) is 0 Å². The van der Waals surface area contributed by atoms with Gasteiger partial charge in [0.1, 0.15) is 0 Å². The molecule has 0 aromatic rings. The van der Waals surface area contributed by atoms with Crippen molar-refractivity contribution in [2.45, 2.75) is 0 Å². The van der Waals surface area contributed by atoms with E-state index in [1.54, 1.807) is 0 Å². The summed E-state index contributed by atoms with van der Waals surface area (Å²) in [4.78, 5) is 8.36. The quantitative estimate of drug-likeness (QED) is 0.299. The van der Waals surface area contributed by atoms with Crippen molar-refractivity contribution >= 4 is 6.47 Å². The number of hydrogen-bond acceptors (Lipinski definition) is 1. The van der Waals surface area contributed by atoms with Crippen molar-refractivity contribution in [3.05, 3.63) is 0 Å². The molecule has 0 radical (unpaired) electrons. The molecule has 0 bridgehead atoms. The first-order valence-electron chi connectivity index (χ1n) is 0.494. The minimum Gasteiger partial charge on any atom is -1.00 e. The second kappa shape index (κ2) is 44.3. The van der Waals surface area contributed by atoms with Crippen LogP contribution in [0.15, 0.2) is 0 Å². The Hall–Kier alpha value is 0.673. The van der Waals surface area contributed by atoms with Gasteiger partial charge >= 0.3 is 19.5 Å². The third kappa shape index (κ3) is 139. The van der Waals surface area contributed by atoms with Crippen LogP contribution in [0.2, 0.25) is 0 Å². The van der Waals surface area contributed by atoms with Crippen molar-refractivity contribution in [1.29, 1.82) is 0 Å². The molecule has 0 atom stereocenters. The summed E-state index contributed by atoms with van der Waals surface area (Å²) in [5.41, 5.74) is 0. The van der Waals surface area contributed by atoms with Crippen LogP contribution >= 0.6 is 0 Å². The topological polar surface area (TPSA) is 37.3 Å². The number of carboxylic acid groups (broad SMARTS) is 1. The van der Waals surface area contributed by atoms with Crippen LogP contribution in [0.25, 0.3) is 0 Å². The maximum Gasteiger partial charge on any atom is 2.00 e. The molecule has 6 heavy (non-hydrogen) atoms. The van der Waals surface area contributed by atoms with E-state index in [1.165, 1.54) is 0 Å². The first-order valence-corrected chi connectivity index (χ1v) is 0.494.